The molecule has 21 heavy (non-hydrogen) atoms. The molecule has 0 saturated carbocycles. The molecule has 0 saturated heterocycles. The monoisotopic (exact) mass is 328 g/mol. The number of aliphatic carboxylic acids is 1. The van der Waals surface area contributed by atoms with Gasteiger partial charge in [-0.2, -0.15) is 0 Å². The van der Waals surface area contributed by atoms with Crippen LogP contribution in [-0.4, -0.2) is 20.4 Å². The lowest BCUT2D eigenvalue weighted by Gasteiger charge is -2.19. The fraction of sp³-hybridized carbons (Fsp3) is 0.154. The van der Waals surface area contributed by atoms with Gasteiger partial charge in [0.25, 0.3) is 10.0 Å². The molecule has 0 aliphatic rings. The Morgan fingerprint density at radius 2 is 1.95 bits per heavy atom. The molecule has 0 aliphatic carbocycles. The molecule has 0 unspecified atom stereocenters. The number of carbonyl (C=O) groups excluding carboxylic acids is 1. The van der Waals surface area contributed by atoms with Crippen molar-refractivity contribution < 1.29 is 22.7 Å². The Morgan fingerprint density at radius 1 is 1.29 bits per heavy atom. The van der Waals surface area contributed by atoms with Crippen LogP contribution in [0.2, 0.25) is 0 Å². The van der Waals surface area contributed by atoms with E-state index in [0.717, 1.165) is 11.3 Å². The van der Waals surface area contributed by atoms with Gasteiger partial charge < -0.3 is 9.90 Å². The lowest BCUT2D eigenvalue weighted by Crippen LogP contribution is -2.48. The molecular formula is C13H11FNO4S2-. The highest BCUT2D eigenvalue weighted by atomic mass is 32.2. The predicted octanol–water partition coefficient (Wildman–Crippen LogP) is 0.527. The van der Waals surface area contributed by atoms with E-state index in [4.69, 9.17) is 0 Å². The Labute approximate surface area is 125 Å². The number of hydrogen-bond acceptors (Lipinski definition) is 5. The van der Waals surface area contributed by atoms with Gasteiger partial charge in [0, 0.05) is 0 Å². The highest BCUT2D eigenvalue weighted by Gasteiger charge is 2.22. The average molecular weight is 328 g/mol. The highest BCUT2D eigenvalue weighted by molar-refractivity contribution is 7.91. The lowest BCUT2D eigenvalue weighted by molar-refractivity contribution is -0.307. The third kappa shape index (κ3) is 4.10. The van der Waals surface area contributed by atoms with Crippen LogP contribution in [0.1, 0.15) is 5.56 Å². The molecule has 8 heteroatoms. The van der Waals surface area contributed by atoms with Gasteiger partial charge in [0.2, 0.25) is 0 Å². The van der Waals surface area contributed by atoms with E-state index >= 15 is 0 Å². The number of benzene rings is 1. The van der Waals surface area contributed by atoms with E-state index in [0.29, 0.717) is 5.56 Å². The van der Waals surface area contributed by atoms with E-state index < -0.39 is 27.9 Å². The molecule has 1 aromatic carbocycles. The van der Waals surface area contributed by atoms with Gasteiger partial charge in [0.05, 0.1) is 12.0 Å². The van der Waals surface area contributed by atoms with Crippen LogP contribution in [0.4, 0.5) is 4.39 Å². The number of carboxylic acid groups (broad SMARTS) is 1. The first-order valence-electron chi connectivity index (χ1n) is 5.89. The van der Waals surface area contributed by atoms with Crippen molar-refractivity contribution in [1.82, 2.24) is 4.72 Å². The maximum absolute atomic E-state index is 12.8. The highest BCUT2D eigenvalue weighted by Crippen LogP contribution is 2.16. The second kappa shape index (κ2) is 6.33. The second-order valence-corrected chi connectivity index (χ2v) is 7.14. The number of hydrogen-bond donors (Lipinski definition) is 1. The van der Waals surface area contributed by atoms with Gasteiger partial charge >= 0.3 is 0 Å². The molecule has 2 rings (SSSR count). The minimum atomic E-state index is -3.92. The van der Waals surface area contributed by atoms with E-state index in [1.807, 2.05) is 0 Å². The molecule has 0 radical (unpaired) electrons. The van der Waals surface area contributed by atoms with Gasteiger partial charge in [-0.25, -0.2) is 17.5 Å². The number of nitrogens with one attached hydrogen (secondary N) is 1. The van der Waals surface area contributed by atoms with Crippen molar-refractivity contribution in [1.29, 1.82) is 0 Å². The Bertz CT molecular complexity index is 711. The van der Waals surface area contributed by atoms with Crippen LogP contribution in [0.25, 0.3) is 0 Å². The van der Waals surface area contributed by atoms with E-state index in [-0.39, 0.29) is 10.6 Å². The Hall–Kier alpha value is -1.77. The molecule has 1 N–H and O–H groups in total. The zero-order chi connectivity index (χ0) is 15.5. The first kappa shape index (κ1) is 15.6. The lowest BCUT2D eigenvalue weighted by atomic mass is 10.1. The molecule has 5 nitrogen and oxygen atoms in total. The van der Waals surface area contributed by atoms with Crippen molar-refractivity contribution in [2.45, 2.75) is 16.7 Å². The fourth-order valence-electron chi connectivity index (χ4n) is 1.69. The summed E-state index contributed by atoms with van der Waals surface area (Å²) in [5.41, 5.74) is 0.486. The molecule has 2 aromatic rings. The zero-order valence-corrected chi connectivity index (χ0v) is 12.3. The van der Waals surface area contributed by atoms with Crippen LogP contribution in [0.5, 0.6) is 0 Å². The first-order valence-corrected chi connectivity index (χ1v) is 8.26. The van der Waals surface area contributed by atoms with Crippen LogP contribution in [-0.2, 0) is 21.2 Å². The normalized spacial score (nSPS) is 13.0. The first-order chi connectivity index (χ1) is 9.88. The summed E-state index contributed by atoms with van der Waals surface area (Å²) in [7, 11) is -3.92. The fourth-order valence-corrected chi connectivity index (χ4v) is 3.89. The quantitative estimate of drug-likeness (QED) is 0.838. The number of carbonyl (C=O) groups is 1. The smallest absolute Gasteiger partial charge is 0.250 e. The van der Waals surface area contributed by atoms with Crippen molar-refractivity contribution in [2.24, 2.45) is 0 Å². The van der Waals surface area contributed by atoms with Crippen LogP contribution in [0.3, 0.4) is 0 Å². The third-order valence-electron chi connectivity index (χ3n) is 2.69. The summed E-state index contributed by atoms with van der Waals surface area (Å²) in [6, 6.07) is 6.63. The van der Waals surface area contributed by atoms with Crippen molar-refractivity contribution >= 4 is 27.3 Å². The van der Waals surface area contributed by atoms with Gasteiger partial charge in [-0.3, -0.25) is 0 Å². The summed E-state index contributed by atoms with van der Waals surface area (Å²) < 4.78 is 38.9. The molecule has 112 valence electrons. The van der Waals surface area contributed by atoms with Gasteiger partial charge in [-0.05, 0) is 35.6 Å². The van der Waals surface area contributed by atoms with Crippen molar-refractivity contribution in [3.63, 3.8) is 0 Å². The number of carboxylic acids is 1. The van der Waals surface area contributed by atoms with Crippen LogP contribution in [0.15, 0.2) is 46.0 Å². The minimum absolute atomic E-state index is 0.0212. The van der Waals surface area contributed by atoms with E-state index in [1.165, 1.54) is 30.3 Å². The average Bonchev–Trinajstić information content (AvgIpc) is 2.95. The van der Waals surface area contributed by atoms with Gasteiger partial charge in [0.1, 0.15) is 10.0 Å². The molecule has 0 amide bonds. The molecule has 1 heterocycles. The molecule has 0 aliphatic heterocycles. The topological polar surface area (TPSA) is 86.3 Å². The summed E-state index contributed by atoms with van der Waals surface area (Å²) in [6.07, 6.45) is -0.132. The minimum Gasteiger partial charge on any atom is -0.548 e. The molecule has 0 spiro atoms. The summed E-state index contributed by atoms with van der Waals surface area (Å²) in [4.78, 5) is 11.1. The standard InChI is InChI=1S/C13H12FNO4S2/c14-10-5-3-9(4-6-10)8-11(13(16)17)15-21(18,19)12-2-1-7-20-12/h1-7,11,15H,8H2,(H,16,17)/p-1/t11-/m0/s1. The number of rotatable bonds is 6. The predicted molar refractivity (Wildman–Crippen MR) is 73.5 cm³/mol. The van der Waals surface area contributed by atoms with Gasteiger partial charge in [-0.15, -0.1) is 11.3 Å². The SMILES string of the molecule is O=C([O-])[C@H](Cc1ccc(F)cc1)NS(=O)(=O)c1cccs1. The van der Waals surface area contributed by atoms with Crippen LogP contribution >= 0.6 is 11.3 Å². The summed E-state index contributed by atoms with van der Waals surface area (Å²) in [6.45, 7) is 0. The second-order valence-electron chi connectivity index (χ2n) is 4.26. The number of thiophene rings is 1. The summed E-state index contributed by atoms with van der Waals surface area (Å²) in [5.74, 6) is -2.00. The van der Waals surface area contributed by atoms with Crippen molar-refractivity contribution in [3.05, 3.63) is 53.2 Å². The van der Waals surface area contributed by atoms with Crippen molar-refractivity contribution in [2.75, 3.05) is 0 Å². The Morgan fingerprint density at radius 3 is 2.48 bits per heavy atom. The van der Waals surface area contributed by atoms with E-state index in [2.05, 4.69) is 4.72 Å². The van der Waals surface area contributed by atoms with Crippen LogP contribution in [0, 0.1) is 5.82 Å². The van der Waals surface area contributed by atoms with E-state index in [9.17, 15) is 22.7 Å². The maximum Gasteiger partial charge on any atom is 0.250 e. The maximum atomic E-state index is 12.8. The molecule has 1 atom stereocenters. The van der Waals surface area contributed by atoms with E-state index in [1.54, 1.807) is 11.4 Å². The summed E-state index contributed by atoms with van der Waals surface area (Å²) in [5, 5.41) is 12.7. The van der Waals surface area contributed by atoms with Gasteiger partial charge in [0.15, 0.2) is 0 Å². The van der Waals surface area contributed by atoms with Gasteiger partial charge in [-0.1, -0.05) is 18.2 Å². The summed E-state index contributed by atoms with van der Waals surface area (Å²) >= 11 is 0.978. The zero-order valence-electron chi connectivity index (χ0n) is 10.7. The molecule has 0 fully saturated rings. The molecule has 1 aromatic heterocycles. The number of halogens is 1. The third-order valence-corrected chi connectivity index (χ3v) is 5.56. The Kier molecular flexibility index (Phi) is 4.71. The van der Waals surface area contributed by atoms with Crippen molar-refractivity contribution in [3.8, 4) is 0 Å². The molecule has 0 bridgehead atoms. The molecular weight excluding hydrogens is 317 g/mol. The Balaban J connectivity index is 2.17. The number of sulfonamides is 1. The van der Waals surface area contributed by atoms with Crippen LogP contribution < -0.4 is 9.83 Å². The largest absolute Gasteiger partial charge is 0.548 e.